The Bertz CT molecular complexity index is 597. The average Bonchev–Trinajstić information content (AvgIpc) is 2.75. The molecule has 2 aliphatic rings. The van der Waals surface area contributed by atoms with Gasteiger partial charge in [-0.3, -0.25) is 19.4 Å². The van der Waals surface area contributed by atoms with Crippen molar-refractivity contribution in [1.29, 1.82) is 0 Å². The van der Waals surface area contributed by atoms with Gasteiger partial charge in [-0.2, -0.15) is 0 Å². The minimum atomic E-state index is -0.135. The van der Waals surface area contributed by atoms with Crippen molar-refractivity contribution in [2.24, 2.45) is 11.8 Å². The van der Waals surface area contributed by atoms with Gasteiger partial charge in [0.25, 0.3) is 0 Å². The van der Waals surface area contributed by atoms with Crippen molar-refractivity contribution in [3.05, 3.63) is 47.5 Å². The van der Waals surface area contributed by atoms with Gasteiger partial charge in [-0.25, -0.2) is 0 Å². The maximum absolute atomic E-state index is 12.4. The molecule has 1 aliphatic carbocycles. The molecule has 1 aromatic rings. The van der Waals surface area contributed by atoms with E-state index in [0.29, 0.717) is 19.5 Å². The molecule has 0 N–H and O–H groups in total. The van der Waals surface area contributed by atoms with Gasteiger partial charge in [0.1, 0.15) is 0 Å². The quantitative estimate of drug-likeness (QED) is 0.633. The molecule has 0 aromatic heterocycles. The van der Waals surface area contributed by atoms with Gasteiger partial charge in [0.15, 0.2) is 0 Å². The van der Waals surface area contributed by atoms with Gasteiger partial charge in [-0.1, -0.05) is 36.4 Å². The van der Waals surface area contributed by atoms with E-state index < -0.39 is 0 Å². The van der Waals surface area contributed by atoms with E-state index >= 15 is 0 Å². The number of carbonyl (C=O) groups excluding carboxylic acids is 2. The molecule has 0 bridgehead atoms. The number of likely N-dealkylation sites (tertiary alicyclic amines) is 1. The lowest BCUT2D eigenvalue weighted by Gasteiger charge is -2.24. The first-order chi connectivity index (χ1) is 10.6. The van der Waals surface area contributed by atoms with Crippen LogP contribution in [0.3, 0.4) is 0 Å². The van der Waals surface area contributed by atoms with Gasteiger partial charge in [-0.15, -0.1) is 0 Å². The highest BCUT2D eigenvalue weighted by molar-refractivity contribution is 6.05. The predicted molar refractivity (Wildman–Crippen MR) is 84.7 cm³/mol. The molecule has 1 aromatic carbocycles. The van der Waals surface area contributed by atoms with Crippen LogP contribution in [0, 0.1) is 18.8 Å². The van der Waals surface area contributed by atoms with Gasteiger partial charge >= 0.3 is 0 Å². The maximum atomic E-state index is 12.4. The predicted octanol–water partition coefficient (Wildman–Crippen LogP) is 2.34. The number of hydrogen-bond acceptors (Lipinski definition) is 3. The third kappa shape index (κ3) is 2.71. The summed E-state index contributed by atoms with van der Waals surface area (Å²) in [5.74, 6) is -0.277. The first-order valence-corrected chi connectivity index (χ1v) is 7.81. The molecule has 4 nitrogen and oxygen atoms in total. The van der Waals surface area contributed by atoms with Crippen molar-refractivity contribution < 1.29 is 9.59 Å². The highest BCUT2D eigenvalue weighted by Crippen LogP contribution is 2.35. The highest BCUT2D eigenvalue weighted by Gasteiger charge is 2.47. The van der Waals surface area contributed by atoms with Crippen molar-refractivity contribution in [3.8, 4) is 0 Å². The van der Waals surface area contributed by atoms with Crippen molar-refractivity contribution in [2.45, 2.75) is 26.3 Å². The molecule has 0 radical (unpaired) electrons. The number of imide groups is 1. The summed E-state index contributed by atoms with van der Waals surface area (Å²) in [6, 6.07) is 8.20. The number of rotatable bonds is 4. The Kier molecular flexibility index (Phi) is 4.12. The third-order valence-electron chi connectivity index (χ3n) is 4.68. The van der Waals surface area contributed by atoms with E-state index in [4.69, 9.17) is 0 Å². The highest BCUT2D eigenvalue weighted by atomic mass is 16.2. The van der Waals surface area contributed by atoms with E-state index in [0.717, 1.165) is 6.54 Å². The summed E-state index contributed by atoms with van der Waals surface area (Å²) in [6.45, 7) is 3.19. The van der Waals surface area contributed by atoms with Crippen LogP contribution in [0.5, 0.6) is 0 Å². The molecule has 1 fully saturated rings. The van der Waals surface area contributed by atoms with Gasteiger partial charge in [0.2, 0.25) is 11.8 Å². The van der Waals surface area contributed by atoms with Crippen LogP contribution in [0.4, 0.5) is 0 Å². The summed E-state index contributed by atoms with van der Waals surface area (Å²) >= 11 is 0. The Morgan fingerprint density at radius 3 is 2.27 bits per heavy atom. The molecule has 1 saturated heterocycles. The van der Waals surface area contributed by atoms with Gasteiger partial charge in [0.05, 0.1) is 18.5 Å². The number of carbonyl (C=O) groups is 2. The first-order valence-electron chi connectivity index (χ1n) is 7.81. The lowest BCUT2D eigenvalue weighted by atomic mass is 9.85. The molecule has 4 heteroatoms. The second kappa shape index (κ2) is 6.05. The molecule has 0 unspecified atom stereocenters. The fourth-order valence-electron chi connectivity index (χ4n) is 3.38. The number of allylic oxidation sites excluding steroid dienone is 2. The van der Waals surface area contributed by atoms with Crippen LogP contribution in [-0.2, 0) is 16.1 Å². The molecule has 2 atom stereocenters. The molecule has 2 amide bonds. The summed E-state index contributed by atoms with van der Waals surface area (Å²) < 4.78 is 0. The lowest BCUT2D eigenvalue weighted by molar-refractivity contribution is -0.142. The average molecular weight is 298 g/mol. The van der Waals surface area contributed by atoms with Crippen molar-refractivity contribution in [3.63, 3.8) is 0 Å². The van der Waals surface area contributed by atoms with E-state index in [1.165, 1.54) is 16.0 Å². The summed E-state index contributed by atoms with van der Waals surface area (Å²) in [5, 5.41) is 0. The summed E-state index contributed by atoms with van der Waals surface area (Å²) in [4.78, 5) is 28.4. The number of hydrogen-bond donors (Lipinski definition) is 0. The van der Waals surface area contributed by atoms with Gasteiger partial charge in [0, 0.05) is 6.54 Å². The molecule has 116 valence electrons. The van der Waals surface area contributed by atoms with Crippen LogP contribution in [0.1, 0.15) is 24.0 Å². The molecule has 1 aliphatic heterocycles. The number of aryl methyl sites for hydroxylation is 1. The Balaban J connectivity index is 1.67. The second-order valence-electron chi connectivity index (χ2n) is 6.34. The molecule has 22 heavy (non-hydrogen) atoms. The number of fused-ring (bicyclic) bond motifs is 1. The zero-order valence-electron chi connectivity index (χ0n) is 13.2. The van der Waals surface area contributed by atoms with Crippen LogP contribution in [0.2, 0.25) is 0 Å². The standard InChI is InChI=1S/C18H22N2O2/c1-13-7-3-4-8-14(13)11-19(2)12-20-17(21)15-9-5-6-10-16(15)18(20)22/h3-8,15-16H,9-12H2,1-2H3/t15-,16-/m1/s1. The Morgan fingerprint density at radius 1 is 1.09 bits per heavy atom. The first kappa shape index (κ1) is 15.0. The fourth-order valence-corrected chi connectivity index (χ4v) is 3.38. The van der Waals surface area contributed by atoms with E-state index in [2.05, 4.69) is 19.1 Å². The molecule has 3 rings (SSSR count). The molecule has 0 saturated carbocycles. The Hall–Kier alpha value is -1.94. The fraction of sp³-hybridized carbons (Fsp3) is 0.444. The monoisotopic (exact) mass is 298 g/mol. The maximum Gasteiger partial charge on any atom is 0.234 e. The Morgan fingerprint density at radius 2 is 1.68 bits per heavy atom. The van der Waals surface area contributed by atoms with E-state index in [9.17, 15) is 9.59 Å². The summed E-state index contributed by atoms with van der Waals surface area (Å²) in [7, 11) is 1.95. The van der Waals surface area contributed by atoms with Gasteiger partial charge in [-0.05, 0) is 37.9 Å². The largest absolute Gasteiger partial charge is 0.284 e. The molecular weight excluding hydrogens is 276 g/mol. The molecule has 0 spiro atoms. The third-order valence-corrected chi connectivity index (χ3v) is 4.68. The summed E-state index contributed by atoms with van der Waals surface area (Å²) in [5.41, 5.74) is 2.45. The Labute approximate surface area is 131 Å². The zero-order chi connectivity index (χ0) is 15.7. The minimum absolute atomic E-state index is 0.00372. The van der Waals surface area contributed by atoms with Crippen molar-refractivity contribution in [2.75, 3.05) is 13.7 Å². The molecular formula is C18H22N2O2. The van der Waals surface area contributed by atoms with Gasteiger partial charge < -0.3 is 0 Å². The SMILES string of the molecule is Cc1ccccc1CN(C)CN1C(=O)[C@@H]2CC=CC[C@H]2C1=O. The molecule has 1 heterocycles. The topological polar surface area (TPSA) is 40.6 Å². The van der Waals surface area contributed by atoms with Crippen LogP contribution >= 0.6 is 0 Å². The van der Waals surface area contributed by atoms with E-state index in [-0.39, 0.29) is 23.7 Å². The van der Waals surface area contributed by atoms with E-state index in [1.54, 1.807) is 0 Å². The number of amides is 2. The van der Waals surface area contributed by atoms with Crippen molar-refractivity contribution >= 4 is 11.8 Å². The second-order valence-corrected chi connectivity index (χ2v) is 6.34. The van der Waals surface area contributed by atoms with Crippen LogP contribution in [0.25, 0.3) is 0 Å². The van der Waals surface area contributed by atoms with Crippen molar-refractivity contribution in [1.82, 2.24) is 9.80 Å². The smallest absolute Gasteiger partial charge is 0.234 e. The van der Waals surface area contributed by atoms with Crippen LogP contribution in [0.15, 0.2) is 36.4 Å². The van der Waals surface area contributed by atoms with Crippen LogP contribution in [-0.4, -0.2) is 35.3 Å². The van der Waals surface area contributed by atoms with Crippen LogP contribution < -0.4 is 0 Å². The number of nitrogens with zero attached hydrogens (tertiary/aromatic N) is 2. The lowest BCUT2D eigenvalue weighted by Crippen LogP contribution is -2.40. The summed E-state index contributed by atoms with van der Waals surface area (Å²) in [6.07, 6.45) is 5.44. The zero-order valence-corrected chi connectivity index (χ0v) is 13.2. The van der Waals surface area contributed by atoms with E-state index in [1.807, 2.05) is 36.2 Å². The number of benzene rings is 1. The minimum Gasteiger partial charge on any atom is -0.284 e. The normalized spacial score (nSPS) is 24.2.